The van der Waals surface area contributed by atoms with Crippen LogP contribution in [0.15, 0.2) is 60.8 Å². The molecule has 0 radical (unpaired) electrons. The van der Waals surface area contributed by atoms with Crippen molar-refractivity contribution in [1.29, 1.82) is 0 Å². The first-order valence-electron chi connectivity index (χ1n) is 8.76. The number of carbonyl (C=O) groups excluding carboxylic acids is 1. The van der Waals surface area contributed by atoms with Crippen LogP contribution in [0.4, 0.5) is 11.5 Å². The highest BCUT2D eigenvalue weighted by Crippen LogP contribution is 2.32. The van der Waals surface area contributed by atoms with Gasteiger partial charge in [-0.2, -0.15) is 0 Å². The van der Waals surface area contributed by atoms with Crippen LogP contribution < -0.4 is 24.8 Å². The van der Waals surface area contributed by atoms with E-state index in [0.29, 0.717) is 29.4 Å². The summed E-state index contributed by atoms with van der Waals surface area (Å²) >= 11 is 0. The number of benzene rings is 2. The number of anilines is 2. The molecular formula is C21H19N3O4. The Morgan fingerprint density at radius 1 is 1.11 bits per heavy atom. The fraction of sp³-hybridized carbons (Fsp3) is 0.143. The van der Waals surface area contributed by atoms with Crippen LogP contribution in [0.1, 0.15) is 15.9 Å². The molecule has 0 bridgehead atoms. The van der Waals surface area contributed by atoms with Gasteiger partial charge in [0.05, 0.1) is 12.8 Å². The highest BCUT2D eigenvalue weighted by molar-refractivity contribution is 6.05. The van der Waals surface area contributed by atoms with Gasteiger partial charge < -0.3 is 24.8 Å². The molecule has 0 spiro atoms. The van der Waals surface area contributed by atoms with E-state index in [4.69, 9.17) is 14.2 Å². The molecule has 2 N–H and O–H groups in total. The largest absolute Gasteiger partial charge is 0.495 e. The Bertz CT molecular complexity index is 1010. The van der Waals surface area contributed by atoms with Crippen LogP contribution in [0, 0.1) is 0 Å². The molecule has 0 aliphatic carbocycles. The number of ether oxygens (including phenoxy) is 3. The second-order valence-electron chi connectivity index (χ2n) is 6.13. The second kappa shape index (κ2) is 7.87. The zero-order valence-corrected chi connectivity index (χ0v) is 15.3. The fourth-order valence-corrected chi connectivity index (χ4v) is 2.85. The second-order valence-corrected chi connectivity index (χ2v) is 6.13. The molecule has 0 atom stereocenters. The number of amides is 1. The number of nitrogens with one attached hydrogen (secondary N) is 2. The summed E-state index contributed by atoms with van der Waals surface area (Å²) in [4.78, 5) is 16.9. The van der Waals surface area contributed by atoms with E-state index in [2.05, 4.69) is 15.6 Å². The topological polar surface area (TPSA) is 81.7 Å². The van der Waals surface area contributed by atoms with E-state index < -0.39 is 0 Å². The highest BCUT2D eigenvalue weighted by Gasteiger charge is 2.13. The van der Waals surface area contributed by atoms with Crippen LogP contribution in [0.5, 0.6) is 17.2 Å². The molecule has 0 saturated heterocycles. The van der Waals surface area contributed by atoms with Crippen LogP contribution in [-0.2, 0) is 6.54 Å². The molecule has 7 nitrogen and oxygen atoms in total. The molecule has 2 aromatic carbocycles. The first-order valence-corrected chi connectivity index (χ1v) is 8.76. The molecule has 1 amide bonds. The molecule has 142 valence electrons. The molecule has 2 heterocycles. The summed E-state index contributed by atoms with van der Waals surface area (Å²) in [7, 11) is 1.57. The van der Waals surface area contributed by atoms with E-state index in [1.165, 1.54) is 0 Å². The number of hydrogen-bond donors (Lipinski definition) is 2. The molecule has 4 rings (SSSR count). The zero-order chi connectivity index (χ0) is 19.3. The van der Waals surface area contributed by atoms with Gasteiger partial charge in [0, 0.05) is 18.3 Å². The summed E-state index contributed by atoms with van der Waals surface area (Å²) in [5.74, 6) is 2.45. The molecule has 1 aliphatic rings. The molecular weight excluding hydrogens is 358 g/mol. The van der Waals surface area contributed by atoms with E-state index in [1.807, 2.05) is 30.3 Å². The average molecular weight is 377 g/mol. The lowest BCUT2D eigenvalue weighted by atomic mass is 10.2. The molecule has 0 saturated carbocycles. The summed E-state index contributed by atoms with van der Waals surface area (Å²) in [6, 6.07) is 16.4. The number of nitrogens with zero attached hydrogens (tertiary/aromatic N) is 1. The third-order valence-electron chi connectivity index (χ3n) is 4.29. The minimum absolute atomic E-state index is 0.238. The minimum atomic E-state index is -0.238. The maximum Gasteiger partial charge on any atom is 0.255 e. The normalized spacial score (nSPS) is 11.8. The van der Waals surface area contributed by atoms with Crippen molar-refractivity contribution >= 4 is 17.4 Å². The van der Waals surface area contributed by atoms with Gasteiger partial charge in [0.2, 0.25) is 6.79 Å². The summed E-state index contributed by atoms with van der Waals surface area (Å²) in [5, 5.41) is 6.08. The Kier molecular flexibility index (Phi) is 4.97. The van der Waals surface area contributed by atoms with Gasteiger partial charge in [-0.15, -0.1) is 0 Å². The van der Waals surface area contributed by atoms with Gasteiger partial charge in [0.1, 0.15) is 11.6 Å². The molecule has 1 aliphatic heterocycles. The van der Waals surface area contributed by atoms with Crippen LogP contribution in [-0.4, -0.2) is 24.8 Å². The lowest BCUT2D eigenvalue weighted by molar-refractivity contribution is 0.102. The number of para-hydroxylation sites is 2. The first-order chi connectivity index (χ1) is 13.7. The van der Waals surface area contributed by atoms with E-state index in [9.17, 15) is 4.79 Å². The molecule has 0 unspecified atom stereocenters. The number of hydrogen-bond acceptors (Lipinski definition) is 6. The fourth-order valence-electron chi connectivity index (χ4n) is 2.85. The standard InChI is InChI=1S/C21H19N3O4/c1-26-17-5-3-2-4-16(17)24-21(25)15-8-9-22-20(11-15)23-12-14-6-7-18-19(10-14)28-13-27-18/h2-11H,12-13H2,1H3,(H,22,23)(H,24,25). The number of fused-ring (bicyclic) bond motifs is 1. The van der Waals surface area contributed by atoms with E-state index in [-0.39, 0.29) is 12.7 Å². The highest BCUT2D eigenvalue weighted by atomic mass is 16.7. The summed E-state index contributed by atoms with van der Waals surface area (Å²) < 4.78 is 16.0. The van der Waals surface area contributed by atoms with Crippen molar-refractivity contribution in [3.8, 4) is 17.2 Å². The number of carbonyl (C=O) groups is 1. The Labute approximate surface area is 162 Å². The predicted molar refractivity (Wildman–Crippen MR) is 105 cm³/mol. The Balaban J connectivity index is 1.43. The number of aromatic nitrogens is 1. The maximum atomic E-state index is 12.6. The average Bonchev–Trinajstić information content (AvgIpc) is 3.21. The molecule has 28 heavy (non-hydrogen) atoms. The summed E-state index contributed by atoms with van der Waals surface area (Å²) in [6.45, 7) is 0.790. The van der Waals surface area contributed by atoms with Crippen LogP contribution in [0.3, 0.4) is 0 Å². The predicted octanol–water partition coefficient (Wildman–Crippen LogP) is 3.68. The van der Waals surface area contributed by atoms with Crippen LogP contribution in [0.2, 0.25) is 0 Å². The number of rotatable bonds is 6. The summed E-state index contributed by atoms with van der Waals surface area (Å²) in [5.41, 5.74) is 2.13. The van der Waals surface area contributed by atoms with E-state index >= 15 is 0 Å². The van der Waals surface area contributed by atoms with Crippen molar-refractivity contribution in [2.75, 3.05) is 24.5 Å². The maximum absolute atomic E-state index is 12.6. The van der Waals surface area contributed by atoms with Crippen molar-refractivity contribution in [2.45, 2.75) is 6.54 Å². The minimum Gasteiger partial charge on any atom is -0.495 e. The monoisotopic (exact) mass is 377 g/mol. The zero-order valence-electron chi connectivity index (χ0n) is 15.3. The van der Waals surface area contributed by atoms with Gasteiger partial charge in [-0.25, -0.2) is 4.98 Å². The summed E-state index contributed by atoms with van der Waals surface area (Å²) in [6.07, 6.45) is 1.60. The van der Waals surface area contributed by atoms with Gasteiger partial charge in [-0.05, 0) is 42.0 Å². The van der Waals surface area contributed by atoms with Gasteiger partial charge in [0.25, 0.3) is 5.91 Å². The number of methoxy groups -OCH3 is 1. The third-order valence-corrected chi connectivity index (χ3v) is 4.29. The SMILES string of the molecule is COc1ccccc1NC(=O)c1ccnc(NCc2ccc3c(c2)OCO3)c1. The van der Waals surface area contributed by atoms with Gasteiger partial charge in [-0.1, -0.05) is 18.2 Å². The van der Waals surface area contributed by atoms with Gasteiger partial charge >= 0.3 is 0 Å². The van der Waals surface area contributed by atoms with Crippen molar-refractivity contribution in [2.24, 2.45) is 0 Å². The lowest BCUT2D eigenvalue weighted by Crippen LogP contribution is -2.13. The lowest BCUT2D eigenvalue weighted by Gasteiger charge is -2.11. The van der Waals surface area contributed by atoms with Gasteiger partial charge in [-0.3, -0.25) is 4.79 Å². The third kappa shape index (κ3) is 3.83. The van der Waals surface area contributed by atoms with E-state index in [0.717, 1.165) is 17.1 Å². The number of pyridine rings is 1. The Morgan fingerprint density at radius 3 is 2.86 bits per heavy atom. The molecule has 7 heteroatoms. The molecule has 1 aromatic heterocycles. The van der Waals surface area contributed by atoms with E-state index in [1.54, 1.807) is 37.6 Å². The van der Waals surface area contributed by atoms with Crippen molar-refractivity contribution < 1.29 is 19.0 Å². The van der Waals surface area contributed by atoms with Crippen molar-refractivity contribution in [1.82, 2.24) is 4.98 Å². The first kappa shape index (κ1) is 17.7. The van der Waals surface area contributed by atoms with Crippen molar-refractivity contribution in [3.05, 3.63) is 71.9 Å². The molecule has 0 fully saturated rings. The quantitative estimate of drug-likeness (QED) is 0.682. The Morgan fingerprint density at radius 2 is 1.96 bits per heavy atom. The van der Waals surface area contributed by atoms with Gasteiger partial charge in [0.15, 0.2) is 11.5 Å². The smallest absolute Gasteiger partial charge is 0.255 e. The van der Waals surface area contributed by atoms with Crippen LogP contribution in [0.25, 0.3) is 0 Å². The van der Waals surface area contributed by atoms with Crippen molar-refractivity contribution in [3.63, 3.8) is 0 Å². The van der Waals surface area contributed by atoms with Crippen LogP contribution >= 0.6 is 0 Å². The Hall–Kier alpha value is -3.74. The molecule has 3 aromatic rings.